The summed E-state index contributed by atoms with van der Waals surface area (Å²) in [6, 6.07) is 11.2. The highest BCUT2D eigenvalue weighted by molar-refractivity contribution is 7.89. The Morgan fingerprint density at radius 2 is 1.83 bits per heavy atom. The van der Waals surface area contributed by atoms with Crippen molar-refractivity contribution >= 4 is 55.9 Å². The number of para-hydroxylation sites is 1. The number of carbonyl (C=O) groups excluding carboxylic acids is 2. The maximum atomic E-state index is 13.9. The van der Waals surface area contributed by atoms with Gasteiger partial charge in [-0.3, -0.25) is 9.59 Å². The lowest BCUT2D eigenvalue weighted by Gasteiger charge is -2.33. The molecule has 3 aromatic rings. The lowest BCUT2D eigenvalue weighted by molar-refractivity contribution is -0.131. The lowest BCUT2D eigenvalue weighted by atomic mass is 10.0. The van der Waals surface area contributed by atoms with Crippen LogP contribution in [0.2, 0.25) is 10.0 Å². The van der Waals surface area contributed by atoms with Crippen LogP contribution in [0.3, 0.4) is 0 Å². The van der Waals surface area contributed by atoms with Crippen LogP contribution >= 0.6 is 23.2 Å². The van der Waals surface area contributed by atoms with Gasteiger partial charge in [0, 0.05) is 47.3 Å². The third kappa shape index (κ3) is 6.21. The van der Waals surface area contributed by atoms with Gasteiger partial charge in [-0.1, -0.05) is 41.4 Å². The molecule has 10 nitrogen and oxygen atoms in total. The van der Waals surface area contributed by atoms with Crippen molar-refractivity contribution < 1.29 is 22.7 Å². The summed E-state index contributed by atoms with van der Waals surface area (Å²) < 4.78 is 35.0. The molecule has 0 spiro atoms. The first-order valence-corrected chi connectivity index (χ1v) is 16.1. The molecule has 224 valence electrons. The zero-order valence-electron chi connectivity index (χ0n) is 23.2. The normalized spacial score (nSPS) is 18.4. The first-order chi connectivity index (χ1) is 20.1. The quantitative estimate of drug-likeness (QED) is 0.386. The monoisotopic (exact) mass is 633 g/mol. The Balaban J connectivity index is 1.32. The van der Waals surface area contributed by atoms with Crippen LogP contribution in [-0.2, 0) is 26.2 Å². The van der Waals surface area contributed by atoms with E-state index in [4.69, 9.17) is 33.7 Å². The van der Waals surface area contributed by atoms with E-state index in [9.17, 15) is 18.0 Å². The number of carbonyl (C=O) groups is 2. The Bertz CT molecular complexity index is 1610. The lowest BCUT2D eigenvalue weighted by Crippen LogP contribution is -2.52. The number of amides is 2. The molecule has 5 rings (SSSR count). The van der Waals surface area contributed by atoms with E-state index in [0.29, 0.717) is 55.6 Å². The molecule has 0 unspecified atom stereocenters. The van der Waals surface area contributed by atoms with E-state index in [1.54, 1.807) is 11.0 Å². The minimum absolute atomic E-state index is 0.0464. The number of halogens is 2. The van der Waals surface area contributed by atoms with Crippen molar-refractivity contribution in [2.24, 2.45) is 5.73 Å². The number of nitrogens with one attached hydrogen (secondary N) is 1. The fourth-order valence-electron chi connectivity index (χ4n) is 5.51. The van der Waals surface area contributed by atoms with E-state index in [2.05, 4.69) is 10.3 Å². The van der Waals surface area contributed by atoms with Crippen LogP contribution in [0, 0.1) is 6.92 Å². The number of benzene rings is 2. The van der Waals surface area contributed by atoms with Crippen molar-refractivity contribution in [3.8, 4) is 5.75 Å². The van der Waals surface area contributed by atoms with E-state index in [1.165, 1.54) is 16.4 Å². The summed E-state index contributed by atoms with van der Waals surface area (Å²) in [6.45, 7) is 2.94. The van der Waals surface area contributed by atoms with Gasteiger partial charge in [-0.05, 0) is 56.9 Å². The fourth-order valence-corrected chi connectivity index (χ4v) is 8.03. The van der Waals surface area contributed by atoms with Crippen molar-refractivity contribution in [1.82, 2.24) is 19.5 Å². The summed E-state index contributed by atoms with van der Waals surface area (Å²) in [7, 11) is -4.14. The zero-order valence-corrected chi connectivity index (χ0v) is 25.5. The predicted molar refractivity (Wildman–Crippen MR) is 161 cm³/mol. The van der Waals surface area contributed by atoms with Gasteiger partial charge in [0.2, 0.25) is 21.8 Å². The van der Waals surface area contributed by atoms with Crippen LogP contribution in [0.15, 0.2) is 47.4 Å². The number of pyridine rings is 1. The molecule has 2 fully saturated rings. The summed E-state index contributed by atoms with van der Waals surface area (Å²) >= 11 is 13.2. The zero-order chi connectivity index (χ0) is 30.0. The van der Waals surface area contributed by atoms with Gasteiger partial charge in [0.15, 0.2) is 0 Å². The number of nitrogens with zero attached hydrogens (tertiary/aromatic N) is 3. The van der Waals surface area contributed by atoms with Crippen LogP contribution in [0.5, 0.6) is 5.75 Å². The molecule has 2 aromatic carbocycles. The molecule has 0 aliphatic carbocycles. The average molecular weight is 635 g/mol. The summed E-state index contributed by atoms with van der Waals surface area (Å²) in [4.78, 5) is 31.2. The average Bonchev–Trinajstić information content (AvgIpc) is 3.48. The summed E-state index contributed by atoms with van der Waals surface area (Å²) in [5, 5.41) is 4.11. The van der Waals surface area contributed by atoms with E-state index >= 15 is 0 Å². The van der Waals surface area contributed by atoms with Gasteiger partial charge >= 0.3 is 0 Å². The molecular formula is C29H33Cl2N5O5S. The second-order valence-electron chi connectivity index (χ2n) is 10.5. The largest absolute Gasteiger partial charge is 0.487 e. The smallest absolute Gasteiger partial charge is 0.245 e. The number of hydrogen-bond acceptors (Lipinski definition) is 7. The molecule has 0 bridgehead atoms. The summed E-state index contributed by atoms with van der Waals surface area (Å²) in [6.07, 6.45) is 2.09. The van der Waals surface area contributed by atoms with Crippen LogP contribution < -0.4 is 15.8 Å². The highest BCUT2D eigenvalue weighted by Crippen LogP contribution is 2.36. The minimum Gasteiger partial charge on any atom is -0.487 e. The van der Waals surface area contributed by atoms with Gasteiger partial charge < -0.3 is 20.7 Å². The summed E-state index contributed by atoms with van der Waals surface area (Å²) in [5.41, 5.74) is 7.28. The predicted octanol–water partition coefficient (Wildman–Crippen LogP) is 3.65. The molecule has 1 aromatic heterocycles. The van der Waals surface area contributed by atoms with Gasteiger partial charge in [-0.15, -0.1) is 0 Å². The Morgan fingerprint density at radius 1 is 1.07 bits per heavy atom. The van der Waals surface area contributed by atoms with Gasteiger partial charge in [-0.2, -0.15) is 4.31 Å². The molecule has 2 aliphatic rings. The molecule has 2 aliphatic heterocycles. The number of piperidine rings is 1. The highest BCUT2D eigenvalue weighted by Gasteiger charge is 2.41. The topological polar surface area (TPSA) is 135 Å². The molecule has 1 atom stereocenters. The van der Waals surface area contributed by atoms with Crippen molar-refractivity contribution in [2.45, 2.75) is 56.2 Å². The number of rotatable bonds is 8. The van der Waals surface area contributed by atoms with E-state index in [0.717, 1.165) is 11.1 Å². The number of ether oxygens (including phenoxy) is 1. The number of nitrogens with two attached hydrogens (primary N) is 1. The van der Waals surface area contributed by atoms with Crippen molar-refractivity contribution in [1.29, 1.82) is 0 Å². The van der Waals surface area contributed by atoms with Crippen LogP contribution in [-0.4, -0.2) is 72.7 Å². The number of likely N-dealkylation sites (tertiary alicyclic amines) is 1. The number of sulfonamides is 1. The molecule has 0 radical (unpaired) electrons. The van der Waals surface area contributed by atoms with Crippen LogP contribution in [0.1, 0.15) is 36.9 Å². The molecule has 42 heavy (non-hydrogen) atoms. The van der Waals surface area contributed by atoms with Crippen LogP contribution in [0.25, 0.3) is 10.9 Å². The van der Waals surface area contributed by atoms with E-state index in [1.807, 2.05) is 31.2 Å². The first-order valence-electron chi connectivity index (χ1n) is 13.9. The second kappa shape index (κ2) is 12.7. The molecule has 3 heterocycles. The molecule has 2 amide bonds. The van der Waals surface area contributed by atoms with Crippen molar-refractivity contribution in [3.05, 3.63) is 63.8 Å². The SMILES string of the molecule is Cc1ccc2cccc(OCc3c(Cl)ccc(S(=O)(=O)N4CCC[C@H]4C(=O)NC4CCN(C(=O)CN)CC4)c3Cl)c2n1. The Hall–Kier alpha value is -2.96. The van der Waals surface area contributed by atoms with Gasteiger partial charge in [0.05, 0.1) is 11.6 Å². The first kappa shape index (κ1) is 30.5. The third-order valence-electron chi connectivity index (χ3n) is 7.81. The van der Waals surface area contributed by atoms with E-state index in [-0.39, 0.29) is 52.5 Å². The standard InChI is InChI=1S/C29H33Cl2N5O5S/c1-18-7-8-19-4-2-6-24(28(19)33-18)41-17-21-22(30)9-10-25(27(21)31)42(39,40)36-13-3-5-23(36)29(38)34-20-11-14-35(15-12-20)26(37)16-32/h2,4,6-10,20,23H,3,5,11-17,32H2,1H3,(H,34,38)/t23-/m0/s1. The van der Waals surface area contributed by atoms with Crippen LogP contribution in [0.4, 0.5) is 0 Å². The maximum absolute atomic E-state index is 13.9. The molecule has 13 heteroatoms. The Kier molecular flexibility index (Phi) is 9.24. The molecule has 3 N–H and O–H groups in total. The maximum Gasteiger partial charge on any atom is 0.245 e. The van der Waals surface area contributed by atoms with Crippen molar-refractivity contribution in [2.75, 3.05) is 26.2 Å². The Labute approximate surface area is 255 Å². The number of aryl methyl sites for hydroxylation is 1. The molecule has 2 saturated heterocycles. The van der Waals surface area contributed by atoms with Gasteiger partial charge in [-0.25, -0.2) is 13.4 Å². The van der Waals surface area contributed by atoms with Gasteiger partial charge in [0.25, 0.3) is 0 Å². The molecular weight excluding hydrogens is 601 g/mol. The fraction of sp³-hybridized carbons (Fsp3) is 0.414. The molecule has 0 saturated carbocycles. The summed E-state index contributed by atoms with van der Waals surface area (Å²) in [5.74, 6) is 0.0412. The third-order valence-corrected chi connectivity index (χ3v) is 10.7. The number of aromatic nitrogens is 1. The number of fused-ring (bicyclic) bond motifs is 1. The number of hydrogen-bond donors (Lipinski definition) is 2. The van der Waals surface area contributed by atoms with E-state index < -0.39 is 16.1 Å². The van der Waals surface area contributed by atoms with Gasteiger partial charge in [0.1, 0.15) is 28.8 Å². The van der Waals surface area contributed by atoms with Crippen molar-refractivity contribution in [3.63, 3.8) is 0 Å². The second-order valence-corrected chi connectivity index (χ2v) is 13.2. The highest BCUT2D eigenvalue weighted by atomic mass is 35.5. The Morgan fingerprint density at radius 3 is 2.57 bits per heavy atom. The minimum atomic E-state index is -4.14.